The molecule has 0 saturated carbocycles. The summed E-state index contributed by atoms with van der Waals surface area (Å²) in [7, 11) is 0. The van der Waals surface area contributed by atoms with Crippen molar-refractivity contribution in [1.29, 1.82) is 0 Å². The lowest BCUT2D eigenvalue weighted by molar-refractivity contribution is 0.0983. The van der Waals surface area contributed by atoms with E-state index < -0.39 is 0 Å². The Morgan fingerprint density at radius 2 is 2.07 bits per heavy atom. The van der Waals surface area contributed by atoms with Gasteiger partial charge in [0.15, 0.2) is 5.78 Å². The summed E-state index contributed by atoms with van der Waals surface area (Å²) in [5.41, 5.74) is 0.598. The molecule has 0 atom stereocenters. The number of halogens is 2. The second-order valence-electron chi connectivity index (χ2n) is 2.88. The van der Waals surface area contributed by atoms with Crippen molar-refractivity contribution >= 4 is 29.0 Å². The maximum absolute atomic E-state index is 11.5. The molecule has 74 valence electrons. The Morgan fingerprint density at radius 1 is 1.36 bits per heavy atom. The number of allylic oxidation sites excluding steroid dienone is 1. The van der Waals surface area contributed by atoms with Crippen LogP contribution in [0.3, 0.4) is 0 Å². The Bertz CT molecular complexity index is 358. The molecule has 0 saturated heterocycles. The van der Waals surface area contributed by atoms with Gasteiger partial charge in [-0.1, -0.05) is 29.3 Å². The predicted octanol–water partition coefficient (Wildman–Crippen LogP) is 4.14. The second kappa shape index (κ2) is 5.18. The van der Waals surface area contributed by atoms with Crippen LogP contribution in [0.25, 0.3) is 0 Å². The third kappa shape index (κ3) is 2.86. The number of rotatable bonds is 4. The smallest absolute Gasteiger partial charge is 0.163 e. The summed E-state index contributed by atoms with van der Waals surface area (Å²) in [6, 6.07) is 4.90. The molecule has 1 aromatic rings. The van der Waals surface area contributed by atoms with Gasteiger partial charge in [-0.15, -0.1) is 6.58 Å². The summed E-state index contributed by atoms with van der Waals surface area (Å²) in [5.74, 6) is 0.0588. The van der Waals surface area contributed by atoms with E-state index in [1.54, 1.807) is 24.3 Å². The van der Waals surface area contributed by atoms with Gasteiger partial charge in [-0.3, -0.25) is 4.79 Å². The maximum atomic E-state index is 11.5. The fraction of sp³-hybridized carbons (Fsp3) is 0.182. The van der Waals surface area contributed by atoms with Crippen molar-refractivity contribution in [3.8, 4) is 0 Å². The molecule has 0 aliphatic rings. The van der Waals surface area contributed by atoms with Gasteiger partial charge in [-0.25, -0.2) is 0 Å². The van der Waals surface area contributed by atoms with Gasteiger partial charge in [0, 0.05) is 12.0 Å². The summed E-state index contributed by atoms with van der Waals surface area (Å²) in [6.45, 7) is 3.56. The summed E-state index contributed by atoms with van der Waals surface area (Å²) in [5, 5.41) is 0.878. The highest BCUT2D eigenvalue weighted by Gasteiger charge is 2.06. The molecule has 0 spiro atoms. The molecule has 0 radical (unpaired) electrons. The highest BCUT2D eigenvalue weighted by Crippen LogP contribution is 2.23. The molecule has 1 nitrogen and oxygen atoms in total. The zero-order valence-electron chi connectivity index (χ0n) is 7.59. The van der Waals surface area contributed by atoms with Gasteiger partial charge >= 0.3 is 0 Å². The molecule has 1 aromatic carbocycles. The minimum atomic E-state index is 0.0588. The molecule has 0 fully saturated rings. The van der Waals surface area contributed by atoms with Crippen LogP contribution in [0.1, 0.15) is 23.2 Å². The van der Waals surface area contributed by atoms with E-state index >= 15 is 0 Å². The quantitative estimate of drug-likeness (QED) is 0.560. The zero-order chi connectivity index (χ0) is 10.6. The van der Waals surface area contributed by atoms with E-state index in [4.69, 9.17) is 23.2 Å². The molecule has 0 heterocycles. The summed E-state index contributed by atoms with van der Waals surface area (Å²) >= 11 is 11.5. The molecular weight excluding hydrogens is 219 g/mol. The first kappa shape index (κ1) is 11.3. The fourth-order valence-corrected chi connectivity index (χ4v) is 1.35. The normalized spacial score (nSPS) is 9.86. The fourth-order valence-electron chi connectivity index (χ4n) is 1.05. The van der Waals surface area contributed by atoms with Gasteiger partial charge in [-0.2, -0.15) is 0 Å². The third-order valence-corrected chi connectivity index (χ3v) is 2.56. The van der Waals surface area contributed by atoms with Gasteiger partial charge in [0.1, 0.15) is 0 Å². The highest BCUT2D eigenvalue weighted by molar-refractivity contribution is 6.42. The number of carbonyl (C=O) groups excluding carboxylic acids is 1. The zero-order valence-corrected chi connectivity index (χ0v) is 9.11. The molecule has 0 unspecified atom stereocenters. The number of hydrogen-bond donors (Lipinski definition) is 0. The number of benzene rings is 1. The van der Waals surface area contributed by atoms with E-state index in [9.17, 15) is 4.79 Å². The van der Waals surface area contributed by atoms with Gasteiger partial charge in [0.2, 0.25) is 0 Å². The Labute approximate surface area is 93.3 Å². The van der Waals surface area contributed by atoms with Gasteiger partial charge in [0.25, 0.3) is 0 Å². The molecule has 0 amide bonds. The van der Waals surface area contributed by atoms with Crippen molar-refractivity contribution in [3.63, 3.8) is 0 Å². The summed E-state index contributed by atoms with van der Waals surface area (Å²) in [4.78, 5) is 11.5. The lowest BCUT2D eigenvalue weighted by atomic mass is 10.1. The topological polar surface area (TPSA) is 17.1 Å². The number of ketones is 1. The van der Waals surface area contributed by atoms with Crippen LogP contribution in [0, 0.1) is 0 Å². The first-order valence-corrected chi connectivity index (χ1v) is 5.00. The average Bonchev–Trinajstić information content (AvgIpc) is 2.18. The van der Waals surface area contributed by atoms with Crippen molar-refractivity contribution in [2.45, 2.75) is 12.8 Å². The number of carbonyl (C=O) groups is 1. The third-order valence-electron chi connectivity index (χ3n) is 1.82. The molecular formula is C11H10Cl2O. The molecule has 3 heteroatoms. The monoisotopic (exact) mass is 228 g/mol. The van der Waals surface area contributed by atoms with Crippen molar-refractivity contribution in [2.75, 3.05) is 0 Å². The van der Waals surface area contributed by atoms with Gasteiger partial charge in [-0.05, 0) is 24.6 Å². The van der Waals surface area contributed by atoms with E-state index in [0.717, 1.165) is 0 Å². The minimum Gasteiger partial charge on any atom is -0.294 e. The number of Topliss-reactive ketones (excluding diaryl/α,β-unsaturated/α-hetero) is 1. The SMILES string of the molecule is C=CCCC(=O)c1ccc(Cl)c(Cl)c1. The van der Waals surface area contributed by atoms with E-state index in [2.05, 4.69) is 6.58 Å². The maximum Gasteiger partial charge on any atom is 0.163 e. The average molecular weight is 229 g/mol. The van der Waals surface area contributed by atoms with Crippen LogP contribution in [-0.4, -0.2) is 5.78 Å². The Balaban J connectivity index is 2.80. The molecule has 14 heavy (non-hydrogen) atoms. The first-order valence-electron chi connectivity index (χ1n) is 4.24. The second-order valence-corrected chi connectivity index (χ2v) is 3.69. The van der Waals surface area contributed by atoms with Crippen LogP contribution in [0.15, 0.2) is 30.9 Å². The number of hydrogen-bond acceptors (Lipinski definition) is 1. The standard InChI is InChI=1S/C11H10Cl2O/c1-2-3-4-11(14)8-5-6-9(12)10(13)7-8/h2,5-7H,1,3-4H2. The van der Waals surface area contributed by atoms with Crippen molar-refractivity contribution in [3.05, 3.63) is 46.5 Å². The van der Waals surface area contributed by atoms with E-state index in [0.29, 0.717) is 28.5 Å². The van der Waals surface area contributed by atoms with E-state index in [1.807, 2.05) is 0 Å². The Kier molecular flexibility index (Phi) is 4.18. The van der Waals surface area contributed by atoms with Crippen molar-refractivity contribution in [1.82, 2.24) is 0 Å². The highest BCUT2D eigenvalue weighted by atomic mass is 35.5. The predicted molar refractivity (Wildman–Crippen MR) is 60.2 cm³/mol. The Morgan fingerprint density at radius 3 is 2.64 bits per heavy atom. The molecule has 0 N–H and O–H groups in total. The minimum absolute atomic E-state index is 0.0588. The van der Waals surface area contributed by atoms with Gasteiger partial charge in [0.05, 0.1) is 10.0 Å². The molecule has 0 bridgehead atoms. The van der Waals surface area contributed by atoms with Gasteiger partial charge < -0.3 is 0 Å². The van der Waals surface area contributed by atoms with Crippen molar-refractivity contribution < 1.29 is 4.79 Å². The molecule has 0 aliphatic heterocycles. The van der Waals surface area contributed by atoms with Crippen LogP contribution in [0.2, 0.25) is 10.0 Å². The lowest BCUT2D eigenvalue weighted by Gasteiger charge is -2.00. The van der Waals surface area contributed by atoms with Crippen LogP contribution >= 0.6 is 23.2 Å². The summed E-state index contributed by atoms with van der Waals surface area (Å²) in [6.07, 6.45) is 2.86. The molecule has 0 aromatic heterocycles. The summed E-state index contributed by atoms with van der Waals surface area (Å²) < 4.78 is 0. The van der Waals surface area contributed by atoms with Crippen molar-refractivity contribution in [2.24, 2.45) is 0 Å². The van der Waals surface area contributed by atoms with E-state index in [1.165, 1.54) is 0 Å². The largest absolute Gasteiger partial charge is 0.294 e. The van der Waals surface area contributed by atoms with Crippen LogP contribution < -0.4 is 0 Å². The molecule has 0 aliphatic carbocycles. The first-order chi connectivity index (χ1) is 6.65. The van der Waals surface area contributed by atoms with Crippen LogP contribution in [0.5, 0.6) is 0 Å². The molecule has 1 rings (SSSR count). The van der Waals surface area contributed by atoms with Crippen LogP contribution in [0.4, 0.5) is 0 Å². The van der Waals surface area contributed by atoms with Crippen LogP contribution in [-0.2, 0) is 0 Å². The Hall–Kier alpha value is -0.790. The lowest BCUT2D eigenvalue weighted by Crippen LogP contribution is -1.97. The van der Waals surface area contributed by atoms with E-state index in [-0.39, 0.29) is 5.78 Å².